The molecule has 0 spiro atoms. The lowest BCUT2D eigenvalue weighted by molar-refractivity contribution is 0.701. The minimum atomic E-state index is 1.22. The van der Waals surface area contributed by atoms with E-state index in [0.717, 1.165) is 0 Å². The first-order valence-corrected chi connectivity index (χ1v) is 4.23. The molecule has 0 bridgehead atoms. The van der Waals surface area contributed by atoms with Crippen LogP contribution in [0.5, 0.6) is 0 Å². The van der Waals surface area contributed by atoms with Gasteiger partial charge in [-0.2, -0.15) is 0 Å². The molecule has 1 aromatic heterocycles. The van der Waals surface area contributed by atoms with Crippen molar-refractivity contribution in [2.45, 2.75) is 11.8 Å². The molecule has 0 saturated carbocycles. The highest BCUT2D eigenvalue weighted by Gasteiger charge is 1.98. The molecule has 0 radical (unpaired) electrons. The van der Waals surface area contributed by atoms with Crippen molar-refractivity contribution in [3.63, 3.8) is 0 Å². The molecule has 1 aromatic rings. The van der Waals surface area contributed by atoms with Crippen LogP contribution in [0.25, 0.3) is 0 Å². The highest BCUT2D eigenvalue weighted by atomic mass is 32.2. The van der Waals surface area contributed by atoms with E-state index in [2.05, 4.69) is 16.2 Å². The Hall–Kier alpha value is -0.540. The molecule has 0 aliphatic heterocycles. The summed E-state index contributed by atoms with van der Waals surface area (Å²) in [6.07, 6.45) is 3.70. The number of nitrogens with zero attached hydrogens (tertiary/aromatic N) is 2. The summed E-state index contributed by atoms with van der Waals surface area (Å²) in [7, 11) is 4.05. The fraction of sp³-hybridized carbons (Fsp3) is 0.375. The third kappa shape index (κ3) is 2.52. The third-order valence-electron chi connectivity index (χ3n) is 1.27. The maximum atomic E-state index is 4.05. The summed E-state index contributed by atoms with van der Waals surface area (Å²) in [5.41, 5.74) is 1.28. The Morgan fingerprint density at radius 1 is 1.45 bits per heavy atom. The number of hydrogen-bond acceptors (Lipinski definition) is 3. The van der Waals surface area contributed by atoms with E-state index >= 15 is 0 Å². The Kier molecular flexibility index (Phi) is 2.91. The molecule has 3 heteroatoms. The van der Waals surface area contributed by atoms with Crippen LogP contribution >= 0.6 is 11.9 Å². The van der Waals surface area contributed by atoms with Gasteiger partial charge in [0.15, 0.2) is 0 Å². The van der Waals surface area contributed by atoms with Crippen LogP contribution in [0.1, 0.15) is 5.56 Å². The molecule has 0 aromatic carbocycles. The zero-order valence-corrected chi connectivity index (χ0v) is 7.85. The van der Waals surface area contributed by atoms with Gasteiger partial charge in [-0.05, 0) is 44.6 Å². The van der Waals surface area contributed by atoms with Crippen LogP contribution in [-0.2, 0) is 0 Å². The number of rotatable bonds is 2. The van der Waals surface area contributed by atoms with E-state index in [-0.39, 0.29) is 0 Å². The van der Waals surface area contributed by atoms with Crippen LogP contribution in [0.4, 0.5) is 0 Å². The van der Waals surface area contributed by atoms with Crippen LogP contribution in [0.2, 0.25) is 0 Å². The Morgan fingerprint density at radius 3 is 2.73 bits per heavy atom. The lowest BCUT2D eigenvalue weighted by Gasteiger charge is -2.09. The number of pyridine rings is 1. The fourth-order valence-electron chi connectivity index (χ4n) is 0.742. The molecule has 0 fully saturated rings. The molecule has 11 heavy (non-hydrogen) atoms. The van der Waals surface area contributed by atoms with E-state index in [0.29, 0.717) is 0 Å². The summed E-state index contributed by atoms with van der Waals surface area (Å²) >= 11 is 1.70. The Bertz CT molecular complexity index is 235. The van der Waals surface area contributed by atoms with Gasteiger partial charge in [-0.25, -0.2) is 0 Å². The second-order valence-corrected chi connectivity index (χ2v) is 3.90. The molecule has 0 unspecified atom stereocenters. The topological polar surface area (TPSA) is 16.1 Å². The Balaban J connectivity index is 2.78. The summed E-state index contributed by atoms with van der Waals surface area (Å²) < 4.78 is 2.06. The lowest BCUT2D eigenvalue weighted by atomic mass is 10.3. The molecular formula is C8H12N2S. The van der Waals surface area contributed by atoms with Crippen molar-refractivity contribution in [1.29, 1.82) is 0 Å². The summed E-state index contributed by atoms with van der Waals surface area (Å²) in [6.45, 7) is 2.09. The molecular weight excluding hydrogens is 156 g/mol. The summed E-state index contributed by atoms with van der Waals surface area (Å²) in [4.78, 5) is 5.27. The van der Waals surface area contributed by atoms with Gasteiger partial charge in [0.05, 0.1) is 0 Å². The molecule has 2 nitrogen and oxygen atoms in total. The average molecular weight is 168 g/mol. The van der Waals surface area contributed by atoms with Crippen molar-refractivity contribution in [1.82, 2.24) is 9.29 Å². The van der Waals surface area contributed by atoms with Crippen molar-refractivity contribution in [2.75, 3.05) is 14.1 Å². The second kappa shape index (κ2) is 3.74. The SMILES string of the molecule is Cc1ccncc1SN(C)C. The van der Waals surface area contributed by atoms with Crippen LogP contribution in [-0.4, -0.2) is 23.4 Å². The molecule has 1 rings (SSSR count). The highest BCUT2D eigenvalue weighted by Crippen LogP contribution is 2.21. The Morgan fingerprint density at radius 2 is 2.18 bits per heavy atom. The average Bonchev–Trinajstić information content (AvgIpc) is 1.93. The monoisotopic (exact) mass is 168 g/mol. The van der Waals surface area contributed by atoms with Crippen molar-refractivity contribution in [3.8, 4) is 0 Å². The van der Waals surface area contributed by atoms with E-state index < -0.39 is 0 Å². The minimum Gasteiger partial charge on any atom is -0.263 e. The van der Waals surface area contributed by atoms with E-state index in [1.54, 1.807) is 11.9 Å². The minimum absolute atomic E-state index is 1.22. The number of aryl methyl sites for hydroxylation is 1. The molecule has 60 valence electrons. The van der Waals surface area contributed by atoms with Gasteiger partial charge < -0.3 is 0 Å². The van der Waals surface area contributed by atoms with E-state index in [1.807, 2.05) is 32.6 Å². The zero-order chi connectivity index (χ0) is 8.27. The van der Waals surface area contributed by atoms with Crippen LogP contribution < -0.4 is 0 Å². The van der Waals surface area contributed by atoms with Gasteiger partial charge in [0, 0.05) is 17.3 Å². The fourth-order valence-corrected chi connectivity index (χ4v) is 1.46. The van der Waals surface area contributed by atoms with Crippen molar-refractivity contribution < 1.29 is 0 Å². The number of aromatic nitrogens is 1. The third-order valence-corrected chi connectivity index (χ3v) is 2.26. The van der Waals surface area contributed by atoms with Crippen molar-refractivity contribution >= 4 is 11.9 Å². The maximum absolute atomic E-state index is 4.05. The lowest BCUT2D eigenvalue weighted by Crippen LogP contribution is -1.99. The largest absolute Gasteiger partial charge is 0.263 e. The maximum Gasteiger partial charge on any atom is 0.0442 e. The van der Waals surface area contributed by atoms with E-state index in [1.165, 1.54) is 10.5 Å². The predicted octanol–water partition coefficient (Wildman–Crippen LogP) is 1.96. The van der Waals surface area contributed by atoms with Gasteiger partial charge in [0.25, 0.3) is 0 Å². The van der Waals surface area contributed by atoms with Gasteiger partial charge in [0.2, 0.25) is 0 Å². The van der Waals surface area contributed by atoms with E-state index in [4.69, 9.17) is 0 Å². The second-order valence-electron chi connectivity index (χ2n) is 2.54. The predicted molar refractivity (Wildman–Crippen MR) is 48.5 cm³/mol. The number of hydrogen-bond donors (Lipinski definition) is 0. The van der Waals surface area contributed by atoms with Crippen LogP contribution in [0.15, 0.2) is 23.4 Å². The van der Waals surface area contributed by atoms with Crippen molar-refractivity contribution in [2.24, 2.45) is 0 Å². The normalized spacial score (nSPS) is 10.5. The molecule has 0 amide bonds. The first kappa shape index (κ1) is 8.56. The van der Waals surface area contributed by atoms with Gasteiger partial charge in [-0.1, -0.05) is 0 Å². The molecule has 0 N–H and O–H groups in total. The quantitative estimate of drug-likeness (QED) is 0.628. The van der Waals surface area contributed by atoms with Crippen molar-refractivity contribution in [3.05, 3.63) is 24.0 Å². The summed E-state index contributed by atoms with van der Waals surface area (Å²) in [6, 6.07) is 2.02. The smallest absolute Gasteiger partial charge is 0.0442 e. The standard InChI is InChI=1S/C8H12N2S/c1-7-4-5-9-6-8(7)11-10(2)3/h4-6H,1-3H3. The molecule has 0 aliphatic carbocycles. The molecule has 0 aliphatic rings. The van der Waals surface area contributed by atoms with Crippen LogP contribution in [0, 0.1) is 6.92 Å². The van der Waals surface area contributed by atoms with Gasteiger partial charge >= 0.3 is 0 Å². The summed E-state index contributed by atoms with van der Waals surface area (Å²) in [5, 5.41) is 0. The first-order chi connectivity index (χ1) is 5.20. The summed E-state index contributed by atoms with van der Waals surface area (Å²) in [5.74, 6) is 0. The highest BCUT2D eigenvalue weighted by molar-refractivity contribution is 7.97. The van der Waals surface area contributed by atoms with Gasteiger partial charge in [-0.3, -0.25) is 9.29 Å². The molecule has 1 heterocycles. The van der Waals surface area contributed by atoms with Gasteiger partial charge in [-0.15, -0.1) is 0 Å². The molecule has 0 saturated heterocycles. The van der Waals surface area contributed by atoms with Gasteiger partial charge in [0.1, 0.15) is 0 Å². The zero-order valence-electron chi connectivity index (χ0n) is 7.03. The van der Waals surface area contributed by atoms with Crippen LogP contribution in [0.3, 0.4) is 0 Å². The first-order valence-electron chi connectivity index (χ1n) is 3.46. The van der Waals surface area contributed by atoms with E-state index in [9.17, 15) is 0 Å². The molecule has 0 atom stereocenters. The Labute approximate surface area is 71.8 Å².